The average Bonchev–Trinajstić information content (AvgIpc) is 2.88. The molecule has 1 N–H and O–H groups in total. The number of aromatic nitrogens is 2. The van der Waals surface area contributed by atoms with E-state index in [0.717, 1.165) is 22.4 Å². The van der Waals surface area contributed by atoms with Gasteiger partial charge in [0, 0.05) is 24.1 Å². The van der Waals surface area contributed by atoms with Crippen molar-refractivity contribution in [2.75, 3.05) is 19.0 Å². The SMILES string of the molecule is COn1c(N[C@@H](C)c2ccc(C(F)(F)F)cc2)nc2c(c1=O)CN(C(=O)/C=C/c1ccc(Cl)cc1)CC2. The fourth-order valence-electron chi connectivity index (χ4n) is 3.99. The predicted molar refractivity (Wildman–Crippen MR) is 134 cm³/mol. The van der Waals surface area contributed by atoms with Crippen LogP contribution in [0.15, 0.2) is 59.4 Å². The Labute approximate surface area is 216 Å². The van der Waals surface area contributed by atoms with Crippen molar-refractivity contribution >= 4 is 29.5 Å². The van der Waals surface area contributed by atoms with Gasteiger partial charge >= 0.3 is 6.18 Å². The summed E-state index contributed by atoms with van der Waals surface area (Å²) < 4.78 is 39.6. The quantitative estimate of drug-likeness (QED) is 0.464. The molecular weight excluding hydrogens is 509 g/mol. The van der Waals surface area contributed by atoms with E-state index in [-0.39, 0.29) is 18.4 Å². The molecule has 2 heterocycles. The zero-order valence-corrected chi connectivity index (χ0v) is 20.8. The summed E-state index contributed by atoms with van der Waals surface area (Å²) in [4.78, 5) is 37.3. The number of halogens is 4. The van der Waals surface area contributed by atoms with Crippen LogP contribution in [0.4, 0.5) is 19.1 Å². The van der Waals surface area contributed by atoms with Crippen molar-refractivity contribution in [3.05, 3.63) is 97.9 Å². The Morgan fingerprint density at radius 1 is 1.16 bits per heavy atom. The first-order valence-electron chi connectivity index (χ1n) is 11.4. The number of carbonyl (C=O) groups excluding carboxylic acids is 1. The molecule has 4 rings (SSSR count). The number of amides is 1. The third-order valence-corrected chi connectivity index (χ3v) is 6.31. The van der Waals surface area contributed by atoms with Gasteiger partial charge in [0.1, 0.15) is 7.11 Å². The topological polar surface area (TPSA) is 76.5 Å². The lowest BCUT2D eigenvalue weighted by Gasteiger charge is -2.28. The lowest BCUT2D eigenvalue weighted by Crippen LogP contribution is -2.42. The molecule has 1 amide bonds. The molecule has 0 saturated heterocycles. The van der Waals surface area contributed by atoms with Crippen LogP contribution in [0.5, 0.6) is 0 Å². The normalized spacial score (nSPS) is 14.4. The standard InChI is InChI=1S/C26H24ClF3N4O3/c1-16(18-6-8-19(9-7-18)26(28,29)30)31-25-32-22-13-14-33(15-21(22)24(36)34(25)37-2)23(35)12-5-17-3-10-20(27)11-4-17/h3-12,16H,13-15H2,1-2H3,(H,31,32)/b12-5+/t16-/m0/s1. The average molecular weight is 533 g/mol. The second-order valence-electron chi connectivity index (χ2n) is 8.52. The zero-order chi connectivity index (χ0) is 26.7. The highest BCUT2D eigenvalue weighted by atomic mass is 35.5. The summed E-state index contributed by atoms with van der Waals surface area (Å²) in [6, 6.07) is 11.3. The molecule has 194 valence electrons. The Hall–Kier alpha value is -3.79. The maximum Gasteiger partial charge on any atom is 0.416 e. The van der Waals surface area contributed by atoms with E-state index < -0.39 is 23.3 Å². The molecule has 0 fully saturated rings. The Balaban J connectivity index is 1.51. The summed E-state index contributed by atoms with van der Waals surface area (Å²) in [6.07, 6.45) is -0.945. The lowest BCUT2D eigenvalue weighted by molar-refractivity contribution is -0.137. The van der Waals surface area contributed by atoms with Crippen LogP contribution < -0.4 is 15.7 Å². The highest BCUT2D eigenvalue weighted by molar-refractivity contribution is 6.30. The first-order chi connectivity index (χ1) is 17.6. The number of hydrogen-bond donors (Lipinski definition) is 1. The first kappa shape index (κ1) is 26.3. The van der Waals surface area contributed by atoms with Crippen LogP contribution in [0.1, 0.15) is 40.9 Å². The number of carbonyl (C=O) groups is 1. The van der Waals surface area contributed by atoms with Gasteiger partial charge in [0.2, 0.25) is 11.9 Å². The van der Waals surface area contributed by atoms with E-state index >= 15 is 0 Å². The summed E-state index contributed by atoms with van der Waals surface area (Å²) in [5, 5.41) is 3.65. The molecule has 2 aromatic carbocycles. The number of benzene rings is 2. The third kappa shape index (κ3) is 5.96. The second-order valence-corrected chi connectivity index (χ2v) is 8.96. The molecule has 0 aliphatic carbocycles. The van der Waals surface area contributed by atoms with Gasteiger partial charge in [0.05, 0.1) is 29.4 Å². The number of rotatable bonds is 6. The molecule has 0 radical (unpaired) electrons. The van der Waals surface area contributed by atoms with E-state index in [4.69, 9.17) is 16.4 Å². The minimum atomic E-state index is -4.42. The van der Waals surface area contributed by atoms with Gasteiger partial charge in [-0.05, 0) is 48.4 Å². The van der Waals surface area contributed by atoms with Crippen molar-refractivity contribution in [1.29, 1.82) is 0 Å². The van der Waals surface area contributed by atoms with Gasteiger partial charge in [-0.1, -0.05) is 35.9 Å². The van der Waals surface area contributed by atoms with E-state index in [0.29, 0.717) is 34.8 Å². The van der Waals surface area contributed by atoms with E-state index in [1.165, 1.54) is 25.3 Å². The van der Waals surface area contributed by atoms with Gasteiger partial charge < -0.3 is 15.1 Å². The smallest absolute Gasteiger partial charge is 0.411 e. The largest absolute Gasteiger partial charge is 0.416 e. The van der Waals surface area contributed by atoms with Crippen LogP contribution in [0, 0.1) is 0 Å². The highest BCUT2D eigenvalue weighted by Gasteiger charge is 2.30. The monoisotopic (exact) mass is 532 g/mol. The Kier molecular flexibility index (Phi) is 7.58. The highest BCUT2D eigenvalue weighted by Crippen LogP contribution is 2.30. The molecule has 0 bridgehead atoms. The number of hydrogen-bond acceptors (Lipinski definition) is 5. The van der Waals surface area contributed by atoms with E-state index in [1.54, 1.807) is 42.2 Å². The molecule has 1 aliphatic heterocycles. The second kappa shape index (κ2) is 10.7. The number of fused-ring (bicyclic) bond motifs is 1. The Morgan fingerprint density at radius 3 is 2.46 bits per heavy atom. The molecule has 37 heavy (non-hydrogen) atoms. The maximum absolute atomic E-state index is 13.2. The Bertz CT molecular complexity index is 1370. The summed E-state index contributed by atoms with van der Waals surface area (Å²) in [5.41, 5.74) is 1.06. The molecule has 0 spiro atoms. The van der Waals surface area contributed by atoms with Gasteiger partial charge in [-0.25, -0.2) is 4.98 Å². The fourth-order valence-corrected chi connectivity index (χ4v) is 4.12. The van der Waals surface area contributed by atoms with Gasteiger partial charge in [-0.3, -0.25) is 9.59 Å². The van der Waals surface area contributed by atoms with Crippen molar-refractivity contribution < 1.29 is 22.8 Å². The van der Waals surface area contributed by atoms with Crippen LogP contribution in [-0.4, -0.2) is 34.2 Å². The summed E-state index contributed by atoms with van der Waals surface area (Å²) >= 11 is 5.89. The fraction of sp³-hybridized carbons (Fsp3) is 0.269. The minimum absolute atomic E-state index is 0.0725. The first-order valence-corrected chi connectivity index (χ1v) is 11.8. The molecule has 7 nitrogen and oxygen atoms in total. The molecule has 3 aromatic rings. The molecule has 1 aliphatic rings. The van der Waals surface area contributed by atoms with Gasteiger partial charge in [0.25, 0.3) is 5.56 Å². The molecule has 1 atom stereocenters. The number of anilines is 1. The van der Waals surface area contributed by atoms with Gasteiger partial charge in [-0.2, -0.15) is 13.2 Å². The minimum Gasteiger partial charge on any atom is -0.411 e. The number of nitrogens with one attached hydrogen (secondary N) is 1. The summed E-state index contributed by atoms with van der Waals surface area (Å²) in [6.45, 7) is 2.18. The van der Waals surface area contributed by atoms with E-state index in [2.05, 4.69) is 10.3 Å². The van der Waals surface area contributed by atoms with Gasteiger partial charge in [-0.15, -0.1) is 4.73 Å². The molecule has 1 aromatic heterocycles. The summed E-state index contributed by atoms with van der Waals surface area (Å²) in [5.74, 6) is -0.122. The third-order valence-electron chi connectivity index (χ3n) is 6.06. The van der Waals surface area contributed by atoms with Crippen LogP contribution in [-0.2, 0) is 23.9 Å². The Morgan fingerprint density at radius 2 is 1.84 bits per heavy atom. The van der Waals surface area contributed by atoms with Crippen molar-refractivity contribution in [1.82, 2.24) is 14.6 Å². The predicted octanol–water partition coefficient (Wildman–Crippen LogP) is 4.75. The summed E-state index contributed by atoms with van der Waals surface area (Å²) in [7, 11) is 1.31. The van der Waals surface area contributed by atoms with Crippen LogP contribution >= 0.6 is 11.6 Å². The molecular formula is C26H24ClF3N4O3. The molecule has 0 saturated carbocycles. The van der Waals surface area contributed by atoms with Crippen molar-refractivity contribution in [2.45, 2.75) is 32.1 Å². The molecule has 11 heteroatoms. The van der Waals surface area contributed by atoms with Crippen LogP contribution in [0.25, 0.3) is 6.08 Å². The van der Waals surface area contributed by atoms with Crippen molar-refractivity contribution in [2.24, 2.45) is 0 Å². The lowest BCUT2D eigenvalue weighted by atomic mass is 10.1. The van der Waals surface area contributed by atoms with Crippen LogP contribution in [0.2, 0.25) is 5.02 Å². The van der Waals surface area contributed by atoms with E-state index in [1.807, 2.05) is 0 Å². The zero-order valence-electron chi connectivity index (χ0n) is 20.1. The molecule has 0 unspecified atom stereocenters. The number of alkyl halides is 3. The number of nitrogens with zero attached hydrogens (tertiary/aromatic N) is 3. The van der Waals surface area contributed by atoms with Crippen molar-refractivity contribution in [3.8, 4) is 0 Å². The van der Waals surface area contributed by atoms with Crippen molar-refractivity contribution in [3.63, 3.8) is 0 Å². The maximum atomic E-state index is 13.2. The van der Waals surface area contributed by atoms with Crippen LogP contribution in [0.3, 0.4) is 0 Å². The van der Waals surface area contributed by atoms with Gasteiger partial charge in [0.15, 0.2) is 0 Å². The van der Waals surface area contributed by atoms with E-state index in [9.17, 15) is 22.8 Å².